The van der Waals surface area contributed by atoms with Gasteiger partial charge in [-0.1, -0.05) is 31.2 Å². The number of hydrogen-bond donors (Lipinski definition) is 2. The Kier molecular flexibility index (Phi) is 10.9. The summed E-state index contributed by atoms with van der Waals surface area (Å²) in [7, 11) is 2.15. The molecule has 4 aliphatic rings. The van der Waals surface area contributed by atoms with Gasteiger partial charge in [0.15, 0.2) is 0 Å². The van der Waals surface area contributed by atoms with E-state index in [-0.39, 0.29) is 6.54 Å². The predicted octanol–water partition coefficient (Wildman–Crippen LogP) is 7.62. The van der Waals surface area contributed by atoms with Crippen LogP contribution in [0.15, 0.2) is 47.4 Å². The van der Waals surface area contributed by atoms with E-state index < -0.39 is 12.7 Å². The number of rotatable bonds is 8. The number of thioether (sulfide) groups is 1. The molecule has 4 fully saturated rings. The van der Waals surface area contributed by atoms with E-state index in [1.54, 1.807) is 23.9 Å². The normalized spacial score (nSPS) is 20.1. The Hall–Kier alpha value is -3.00. The van der Waals surface area contributed by atoms with Gasteiger partial charge in [-0.25, -0.2) is 0 Å². The molecule has 0 spiro atoms. The SMILES string of the molecule is CCOc1cc(SC)ccc1NCC#Cc1cc2c(NC3CCCCC3)cccc2n1CC(F)(F)F.CN1CC2CC(C1)O2. The zero-order chi connectivity index (χ0) is 31.1. The zero-order valence-electron chi connectivity index (χ0n) is 25.8. The summed E-state index contributed by atoms with van der Waals surface area (Å²) in [6, 6.07) is 13.5. The van der Waals surface area contributed by atoms with Crippen molar-refractivity contribution in [1.82, 2.24) is 9.47 Å². The lowest BCUT2D eigenvalue weighted by Crippen LogP contribution is -2.55. The van der Waals surface area contributed by atoms with Crippen molar-refractivity contribution in [2.24, 2.45) is 0 Å². The van der Waals surface area contributed by atoms with Crippen molar-refractivity contribution in [3.8, 4) is 17.6 Å². The number of alkyl halides is 3. The number of likely N-dealkylation sites (N-methyl/N-ethyl adjacent to an activating group) is 1. The minimum Gasteiger partial charge on any atom is -0.492 e. The van der Waals surface area contributed by atoms with Crippen LogP contribution in [0, 0.1) is 11.8 Å². The van der Waals surface area contributed by atoms with Gasteiger partial charge in [-0.05, 0) is 75.4 Å². The highest BCUT2D eigenvalue weighted by Crippen LogP contribution is 2.33. The van der Waals surface area contributed by atoms with Crippen LogP contribution in [-0.4, -0.2) is 73.4 Å². The largest absolute Gasteiger partial charge is 0.492 e. The fourth-order valence-electron chi connectivity index (χ4n) is 6.21. The molecule has 2 N–H and O–H groups in total. The van der Waals surface area contributed by atoms with Gasteiger partial charge in [0.1, 0.15) is 12.3 Å². The molecular formula is C34H43F3N4O2S. The molecule has 1 aromatic heterocycles. The summed E-state index contributed by atoms with van der Waals surface area (Å²) in [5.41, 5.74) is 2.57. The predicted molar refractivity (Wildman–Crippen MR) is 174 cm³/mol. The summed E-state index contributed by atoms with van der Waals surface area (Å²) < 4.78 is 52.8. The number of nitrogens with one attached hydrogen (secondary N) is 2. The van der Waals surface area contributed by atoms with Crippen molar-refractivity contribution in [3.05, 3.63) is 48.2 Å². The van der Waals surface area contributed by atoms with Crippen molar-refractivity contribution in [1.29, 1.82) is 0 Å². The van der Waals surface area contributed by atoms with Gasteiger partial charge >= 0.3 is 6.18 Å². The molecule has 3 saturated heterocycles. The van der Waals surface area contributed by atoms with Gasteiger partial charge in [-0.2, -0.15) is 13.2 Å². The number of ether oxygens (including phenoxy) is 2. The fraction of sp³-hybridized carbons (Fsp3) is 0.529. The van der Waals surface area contributed by atoms with Crippen molar-refractivity contribution >= 4 is 34.0 Å². The van der Waals surface area contributed by atoms with Gasteiger partial charge < -0.3 is 29.6 Å². The standard InChI is InChI=1S/C28H32F3N3OS.C6H11NO/c1-3-35-27-18-22(36-2)14-15-25(27)32-16-8-11-21-17-23-24(33-20-9-5-4-6-10-20)12-7-13-26(23)34(21)19-28(29,30)31;1-7-3-5-2-6(4-7)8-5/h7,12-15,17-18,20,32-33H,3-6,9-10,16,19H2,1-2H3;5-6H,2-4H2,1H3. The number of piperidine rings is 1. The maximum atomic E-state index is 13.5. The van der Waals surface area contributed by atoms with E-state index in [0.29, 0.717) is 36.1 Å². The van der Waals surface area contributed by atoms with Crippen LogP contribution >= 0.6 is 11.8 Å². The van der Waals surface area contributed by atoms with Crippen molar-refractivity contribution in [2.45, 2.75) is 81.3 Å². The van der Waals surface area contributed by atoms with Crippen LogP contribution in [0.25, 0.3) is 10.9 Å². The molecule has 6 nitrogen and oxygen atoms in total. The molecule has 2 atom stereocenters. The molecular weight excluding hydrogens is 585 g/mol. The summed E-state index contributed by atoms with van der Waals surface area (Å²) in [4.78, 5) is 3.42. The van der Waals surface area contributed by atoms with Crippen LogP contribution in [0.4, 0.5) is 24.5 Å². The quantitative estimate of drug-likeness (QED) is 0.198. The summed E-state index contributed by atoms with van der Waals surface area (Å²) in [5.74, 6) is 6.72. The minimum atomic E-state index is -4.35. The molecule has 238 valence electrons. The molecule has 3 aromatic rings. The highest BCUT2D eigenvalue weighted by molar-refractivity contribution is 7.98. The maximum absolute atomic E-state index is 13.5. The molecule has 2 unspecified atom stereocenters. The second kappa shape index (κ2) is 14.9. The van der Waals surface area contributed by atoms with Gasteiger partial charge in [0, 0.05) is 41.5 Å². The van der Waals surface area contributed by atoms with Crippen molar-refractivity contribution < 1.29 is 22.6 Å². The van der Waals surface area contributed by atoms with Crippen LogP contribution < -0.4 is 15.4 Å². The highest BCUT2D eigenvalue weighted by Gasteiger charge is 2.36. The number of nitrogens with zero attached hydrogens (tertiary/aromatic N) is 2. The lowest BCUT2D eigenvalue weighted by atomic mass is 9.95. The second-order valence-corrected chi connectivity index (χ2v) is 12.6. The summed E-state index contributed by atoms with van der Waals surface area (Å²) in [5, 5.41) is 7.58. The number of benzene rings is 2. The lowest BCUT2D eigenvalue weighted by molar-refractivity contribution is -0.175. The number of hydrogen-bond acceptors (Lipinski definition) is 6. The monoisotopic (exact) mass is 628 g/mol. The zero-order valence-corrected chi connectivity index (χ0v) is 26.6. The Labute approximate surface area is 263 Å². The van der Waals surface area contributed by atoms with Gasteiger partial charge in [0.25, 0.3) is 0 Å². The maximum Gasteiger partial charge on any atom is 0.406 e. The van der Waals surface area contributed by atoms with Crippen LogP contribution in [-0.2, 0) is 11.3 Å². The molecule has 1 aliphatic carbocycles. The average molecular weight is 629 g/mol. The van der Waals surface area contributed by atoms with Gasteiger partial charge in [-0.15, -0.1) is 11.8 Å². The van der Waals surface area contributed by atoms with E-state index in [1.807, 2.05) is 43.5 Å². The number of halogens is 3. The van der Waals surface area contributed by atoms with Gasteiger partial charge in [0.2, 0.25) is 0 Å². The molecule has 44 heavy (non-hydrogen) atoms. The first-order valence-corrected chi connectivity index (χ1v) is 16.8. The number of aromatic nitrogens is 1. The first-order chi connectivity index (χ1) is 21.2. The Morgan fingerprint density at radius 3 is 2.43 bits per heavy atom. The van der Waals surface area contributed by atoms with Gasteiger partial charge in [-0.3, -0.25) is 0 Å². The molecule has 3 aliphatic heterocycles. The van der Waals surface area contributed by atoms with E-state index in [2.05, 4.69) is 34.4 Å². The Balaban J connectivity index is 0.000000410. The van der Waals surface area contributed by atoms with E-state index in [4.69, 9.17) is 9.47 Å². The molecule has 0 amide bonds. The molecule has 1 saturated carbocycles. The van der Waals surface area contributed by atoms with E-state index in [0.717, 1.165) is 53.3 Å². The van der Waals surface area contributed by atoms with Crippen molar-refractivity contribution in [2.75, 3.05) is 50.2 Å². The van der Waals surface area contributed by atoms with Gasteiger partial charge in [0.05, 0.1) is 42.3 Å². The number of fused-ring (bicyclic) bond motifs is 3. The van der Waals surface area contributed by atoms with Crippen LogP contribution in [0.2, 0.25) is 0 Å². The summed E-state index contributed by atoms with van der Waals surface area (Å²) in [6.45, 7) is 3.96. The van der Waals surface area contributed by atoms with E-state index >= 15 is 0 Å². The topological polar surface area (TPSA) is 50.7 Å². The molecule has 7 rings (SSSR count). The fourth-order valence-corrected chi connectivity index (χ4v) is 6.64. The Morgan fingerprint density at radius 2 is 1.80 bits per heavy atom. The molecule has 2 aromatic carbocycles. The molecule has 2 bridgehead atoms. The average Bonchev–Trinajstić information content (AvgIpc) is 3.33. The highest BCUT2D eigenvalue weighted by atomic mass is 32.2. The summed E-state index contributed by atoms with van der Waals surface area (Å²) in [6.07, 6.45) is 5.89. The minimum absolute atomic E-state index is 0.277. The third kappa shape index (κ3) is 8.58. The molecule has 10 heteroatoms. The lowest BCUT2D eigenvalue weighted by Gasteiger charge is -2.45. The van der Waals surface area contributed by atoms with Crippen LogP contribution in [0.5, 0.6) is 5.75 Å². The Morgan fingerprint density at radius 1 is 1.05 bits per heavy atom. The molecule has 0 radical (unpaired) electrons. The molecule has 4 heterocycles. The van der Waals surface area contributed by atoms with Crippen LogP contribution in [0.1, 0.15) is 51.1 Å². The van der Waals surface area contributed by atoms with E-state index in [9.17, 15) is 13.2 Å². The van der Waals surface area contributed by atoms with Crippen molar-refractivity contribution in [3.63, 3.8) is 0 Å². The number of anilines is 2. The van der Waals surface area contributed by atoms with Crippen LogP contribution in [0.3, 0.4) is 0 Å². The second-order valence-electron chi connectivity index (χ2n) is 11.7. The first-order valence-electron chi connectivity index (χ1n) is 15.6. The number of morpholine rings is 1. The third-order valence-electron chi connectivity index (χ3n) is 8.26. The smallest absolute Gasteiger partial charge is 0.406 e. The summed E-state index contributed by atoms with van der Waals surface area (Å²) >= 11 is 1.63. The van der Waals surface area contributed by atoms with E-state index in [1.165, 1.54) is 30.3 Å². The third-order valence-corrected chi connectivity index (χ3v) is 8.99. The first kappa shape index (κ1) is 32.4. The Bertz CT molecular complexity index is 1440.